The van der Waals surface area contributed by atoms with Crippen LogP contribution in [-0.2, 0) is 4.79 Å². The number of hydrogen-bond donors (Lipinski definition) is 2. The first-order valence-corrected chi connectivity index (χ1v) is 6.61. The average molecular weight is 242 g/mol. The van der Waals surface area contributed by atoms with Crippen molar-refractivity contribution in [1.82, 2.24) is 10.2 Å². The van der Waals surface area contributed by atoms with Crippen LogP contribution < -0.4 is 5.32 Å². The molecule has 0 aliphatic carbocycles. The minimum atomic E-state index is -0.122. The third-order valence-electron chi connectivity index (χ3n) is 3.59. The molecule has 1 saturated heterocycles. The predicted molar refractivity (Wildman–Crippen MR) is 68.8 cm³/mol. The summed E-state index contributed by atoms with van der Waals surface area (Å²) in [5, 5.41) is 12.2. The Bertz CT molecular complexity index is 254. The molecule has 0 aromatic carbocycles. The second-order valence-corrected chi connectivity index (χ2v) is 5.71. The van der Waals surface area contributed by atoms with Gasteiger partial charge in [0.15, 0.2) is 0 Å². The Morgan fingerprint density at radius 1 is 1.53 bits per heavy atom. The highest BCUT2D eigenvalue weighted by atomic mass is 16.3. The van der Waals surface area contributed by atoms with Gasteiger partial charge in [0.25, 0.3) is 0 Å². The number of nitrogens with zero attached hydrogens (tertiary/aromatic N) is 1. The molecule has 0 aromatic rings. The van der Waals surface area contributed by atoms with Crippen LogP contribution in [0, 0.1) is 5.92 Å². The Hall–Kier alpha value is -0.610. The number of aliphatic hydroxyl groups is 1. The first-order chi connectivity index (χ1) is 7.96. The normalized spacial score (nSPS) is 22.5. The number of aliphatic hydroxyl groups excluding tert-OH is 1. The number of nitrogens with one attached hydrogen (secondary N) is 1. The van der Waals surface area contributed by atoms with Crippen molar-refractivity contribution in [2.24, 2.45) is 5.92 Å². The maximum absolute atomic E-state index is 11.9. The molecule has 1 heterocycles. The van der Waals surface area contributed by atoms with Crippen LogP contribution in [0.5, 0.6) is 0 Å². The largest absolute Gasteiger partial charge is 0.396 e. The van der Waals surface area contributed by atoms with Crippen molar-refractivity contribution < 1.29 is 9.90 Å². The highest BCUT2D eigenvalue weighted by Crippen LogP contribution is 2.15. The van der Waals surface area contributed by atoms with Crippen LogP contribution in [0.1, 0.15) is 40.0 Å². The van der Waals surface area contributed by atoms with E-state index in [4.69, 9.17) is 5.11 Å². The van der Waals surface area contributed by atoms with Gasteiger partial charge >= 0.3 is 0 Å². The van der Waals surface area contributed by atoms with E-state index in [1.807, 2.05) is 13.8 Å². The Morgan fingerprint density at radius 2 is 2.24 bits per heavy atom. The monoisotopic (exact) mass is 242 g/mol. The fraction of sp³-hybridized carbons (Fsp3) is 0.923. The summed E-state index contributed by atoms with van der Waals surface area (Å²) >= 11 is 0. The molecule has 1 aliphatic heterocycles. The van der Waals surface area contributed by atoms with Crippen molar-refractivity contribution in [1.29, 1.82) is 0 Å². The van der Waals surface area contributed by atoms with Crippen LogP contribution in [-0.4, -0.2) is 47.7 Å². The number of piperidine rings is 1. The van der Waals surface area contributed by atoms with Gasteiger partial charge in [-0.3, -0.25) is 9.69 Å². The molecule has 1 rings (SSSR count). The zero-order chi connectivity index (χ0) is 12.9. The summed E-state index contributed by atoms with van der Waals surface area (Å²) in [5.74, 6) is 0.436. The molecular formula is C13H26N2O2. The number of rotatable bonds is 5. The van der Waals surface area contributed by atoms with Crippen LogP contribution in [0.15, 0.2) is 0 Å². The molecule has 1 unspecified atom stereocenters. The molecule has 0 bridgehead atoms. The summed E-state index contributed by atoms with van der Waals surface area (Å²) in [5.41, 5.74) is -0.122. The molecule has 100 valence electrons. The Morgan fingerprint density at radius 3 is 2.82 bits per heavy atom. The third kappa shape index (κ3) is 5.04. The molecule has 0 aromatic heterocycles. The second kappa shape index (κ2) is 6.36. The van der Waals surface area contributed by atoms with Crippen LogP contribution in [0.2, 0.25) is 0 Å². The molecule has 1 aliphatic rings. The van der Waals surface area contributed by atoms with Crippen LogP contribution in [0.3, 0.4) is 0 Å². The number of likely N-dealkylation sites (tertiary alicyclic amines) is 1. The molecule has 2 N–H and O–H groups in total. The zero-order valence-electron chi connectivity index (χ0n) is 11.3. The summed E-state index contributed by atoms with van der Waals surface area (Å²) in [6, 6.07) is 0. The topological polar surface area (TPSA) is 52.6 Å². The van der Waals surface area contributed by atoms with E-state index in [9.17, 15) is 4.79 Å². The van der Waals surface area contributed by atoms with Crippen molar-refractivity contribution >= 4 is 5.91 Å². The van der Waals surface area contributed by atoms with Crippen molar-refractivity contribution in [3.05, 3.63) is 0 Å². The van der Waals surface area contributed by atoms with Crippen LogP contribution in [0.25, 0.3) is 0 Å². The maximum atomic E-state index is 11.9. The summed E-state index contributed by atoms with van der Waals surface area (Å²) in [7, 11) is 0. The van der Waals surface area contributed by atoms with Crippen LogP contribution >= 0.6 is 0 Å². The SMILES string of the molecule is CCC(C)(C)NC(=O)CN1CCCC(CO)C1. The van der Waals surface area contributed by atoms with Gasteiger partial charge in [0.05, 0.1) is 6.54 Å². The summed E-state index contributed by atoms with van der Waals surface area (Å²) < 4.78 is 0. The predicted octanol–water partition coefficient (Wildman–Crippen LogP) is 0.995. The van der Waals surface area contributed by atoms with E-state index in [1.54, 1.807) is 0 Å². The first-order valence-electron chi connectivity index (χ1n) is 6.61. The number of hydrogen-bond acceptors (Lipinski definition) is 3. The molecule has 4 heteroatoms. The number of carbonyl (C=O) groups is 1. The van der Waals surface area contributed by atoms with Crippen molar-refractivity contribution in [2.45, 2.75) is 45.6 Å². The number of amides is 1. The molecule has 17 heavy (non-hydrogen) atoms. The second-order valence-electron chi connectivity index (χ2n) is 5.71. The molecule has 0 radical (unpaired) electrons. The van der Waals surface area contributed by atoms with E-state index in [0.29, 0.717) is 12.5 Å². The summed E-state index contributed by atoms with van der Waals surface area (Å²) in [6.07, 6.45) is 3.09. The van der Waals surface area contributed by atoms with Gasteiger partial charge in [0.1, 0.15) is 0 Å². The lowest BCUT2D eigenvalue weighted by Gasteiger charge is -2.32. The molecular weight excluding hydrogens is 216 g/mol. The molecule has 0 saturated carbocycles. The van der Waals surface area contributed by atoms with Gasteiger partial charge in [-0.2, -0.15) is 0 Å². The standard InChI is InChI=1S/C13H26N2O2/c1-4-13(2,3)14-12(17)9-15-7-5-6-11(8-15)10-16/h11,16H,4-10H2,1-3H3,(H,14,17). The van der Waals surface area contributed by atoms with Gasteiger partial charge in [0, 0.05) is 18.7 Å². The minimum absolute atomic E-state index is 0.0930. The highest BCUT2D eigenvalue weighted by Gasteiger charge is 2.23. The molecule has 1 fully saturated rings. The summed E-state index contributed by atoms with van der Waals surface area (Å²) in [6.45, 7) is 8.66. The fourth-order valence-electron chi connectivity index (χ4n) is 2.15. The molecule has 1 amide bonds. The quantitative estimate of drug-likeness (QED) is 0.756. The van der Waals surface area contributed by atoms with E-state index in [-0.39, 0.29) is 18.1 Å². The lowest BCUT2D eigenvalue weighted by Crippen LogP contribution is -2.49. The van der Waals surface area contributed by atoms with E-state index < -0.39 is 0 Å². The van der Waals surface area contributed by atoms with Gasteiger partial charge in [-0.1, -0.05) is 6.92 Å². The van der Waals surface area contributed by atoms with Crippen molar-refractivity contribution in [3.8, 4) is 0 Å². The maximum Gasteiger partial charge on any atom is 0.234 e. The Kier molecular flexibility index (Phi) is 5.40. The number of carbonyl (C=O) groups excluding carboxylic acids is 1. The van der Waals surface area contributed by atoms with Gasteiger partial charge < -0.3 is 10.4 Å². The van der Waals surface area contributed by atoms with Gasteiger partial charge in [0.2, 0.25) is 5.91 Å². The zero-order valence-corrected chi connectivity index (χ0v) is 11.3. The van der Waals surface area contributed by atoms with Crippen molar-refractivity contribution in [3.63, 3.8) is 0 Å². The summed E-state index contributed by atoms with van der Waals surface area (Å²) in [4.78, 5) is 14.0. The van der Waals surface area contributed by atoms with Crippen molar-refractivity contribution in [2.75, 3.05) is 26.2 Å². The molecule has 1 atom stereocenters. The fourth-order valence-corrected chi connectivity index (χ4v) is 2.15. The minimum Gasteiger partial charge on any atom is -0.396 e. The molecule has 0 spiro atoms. The third-order valence-corrected chi connectivity index (χ3v) is 3.59. The smallest absolute Gasteiger partial charge is 0.234 e. The first kappa shape index (κ1) is 14.5. The lowest BCUT2D eigenvalue weighted by atomic mass is 9.99. The van der Waals surface area contributed by atoms with Gasteiger partial charge in [-0.05, 0) is 45.6 Å². The average Bonchev–Trinajstić information content (AvgIpc) is 2.28. The highest BCUT2D eigenvalue weighted by molar-refractivity contribution is 5.78. The van der Waals surface area contributed by atoms with Gasteiger partial charge in [-0.25, -0.2) is 0 Å². The Labute approximate surface area is 104 Å². The van der Waals surface area contributed by atoms with E-state index in [2.05, 4.69) is 17.1 Å². The van der Waals surface area contributed by atoms with Crippen LogP contribution in [0.4, 0.5) is 0 Å². The van der Waals surface area contributed by atoms with E-state index in [1.165, 1.54) is 0 Å². The molecule has 4 nitrogen and oxygen atoms in total. The Balaban J connectivity index is 2.35. The van der Waals surface area contributed by atoms with E-state index in [0.717, 1.165) is 32.4 Å². The van der Waals surface area contributed by atoms with Gasteiger partial charge in [-0.15, -0.1) is 0 Å². The lowest BCUT2D eigenvalue weighted by molar-refractivity contribution is -0.124. The van der Waals surface area contributed by atoms with E-state index >= 15 is 0 Å².